The molecular weight excluding hydrogens is 192 g/mol. The summed E-state index contributed by atoms with van der Waals surface area (Å²) in [7, 11) is 0. The molecular formula is C11H10N2O2. The highest BCUT2D eigenvalue weighted by Crippen LogP contribution is 2.09. The van der Waals surface area contributed by atoms with E-state index in [1.807, 2.05) is 0 Å². The molecule has 2 N–H and O–H groups in total. The Morgan fingerprint density at radius 2 is 2.33 bits per heavy atom. The lowest BCUT2D eigenvalue weighted by Gasteiger charge is -1.99. The van der Waals surface area contributed by atoms with Crippen LogP contribution in [-0.4, -0.2) is 10.8 Å². The minimum Gasteiger partial charge on any atom is -0.472 e. The number of hydrogen-bond donors (Lipinski definition) is 1. The molecule has 0 fully saturated rings. The Hall–Kier alpha value is -2.10. The van der Waals surface area contributed by atoms with Gasteiger partial charge in [0.1, 0.15) is 12.1 Å². The third-order valence-electron chi connectivity index (χ3n) is 2.05. The summed E-state index contributed by atoms with van der Waals surface area (Å²) in [6.45, 7) is 0. The number of carbonyl (C=O) groups excluding carboxylic acids is 1. The number of Topliss-reactive ketones (excluding diaryl/α,β-unsaturated/α-hetero) is 1. The van der Waals surface area contributed by atoms with Crippen LogP contribution < -0.4 is 5.73 Å². The molecule has 76 valence electrons. The molecule has 4 heteroatoms. The number of carbonyl (C=O) groups is 1. The van der Waals surface area contributed by atoms with Crippen LogP contribution in [0.25, 0.3) is 0 Å². The molecule has 0 unspecified atom stereocenters. The zero-order valence-corrected chi connectivity index (χ0v) is 8.01. The highest BCUT2D eigenvalue weighted by molar-refractivity contribution is 5.97. The van der Waals surface area contributed by atoms with Crippen LogP contribution in [0, 0.1) is 0 Å². The number of aromatic nitrogens is 1. The van der Waals surface area contributed by atoms with E-state index in [4.69, 9.17) is 10.2 Å². The third kappa shape index (κ3) is 2.22. The lowest BCUT2D eigenvalue weighted by atomic mass is 10.1. The maximum Gasteiger partial charge on any atom is 0.170 e. The molecule has 0 aliphatic heterocycles. The molecule has 0 atom stereocenters. The summed E-state index contributed by atoms with van der Waals surface area (Å²) in [4.78, 5) is 15.5. The van der Waals surface area contributed by atoms with Crippen molar-refractivity contribution >= 4 is 11.6 Å². The van der Waals surface area contributed by atoms with Crippen LogP contribution in [0.15, 0.2) is 41.3 Å². The van der Waals surface area contributed by atoms with E-state index >= 15 is 0 Å². The molecule has 0 aliphatic carbocycles. The Bertz CT molecular complexity index is 463. The van der Waals surface area contributed by atoms with Gasteiger partial charge in [0.05, 0.1) is 11.8 Å². The second-order valence-corrected chi connectivity index (χ2v) is 3.20. The van der Waals surface area contributed by atoms with Gasteiger partial charge >= 0.3 is 0 Å². The number of rotatable bonds is 3. The van der Waals surface area contributed by atoms with Gasteiger partial charge in [-0.25, -0.2) is 4.98 Å². The predicted octanol–water partition coefficient (Wildman–Crippen LogP) is 1.68. The van der Waals surface area contributed by atoms with Crippen molar-refractivity contribution in [2.45, 2.75) is 6.42 Å². The molecule has 2 heterocycles. The molecule has 2 rings (SSSR count). The van der Waals surface area contributed by atoms with Crippen LogP contribution in [0.5, 0.6) is 0 Å². The van der Waals surface area contributed by atoms with Gasteiger partial charge in [-0.3, -0.25) is 4.79 Å². The number of anilines is 1. The zero-order chi connectivity index (χ0) is 10.7. The number of nitrogens with zero attached hydrogens (tertiary/aromatic N) is 1. The average molecular weight is 202 g/mol. The maximum absolute atomic E-state index is 11.7. The van der Waals surface area contributed by atoms with Crippen LogP contribution in [-0.2, 0) is 6.42 Å². The standard InChI is InChI=1S/C11H10N2O2/c12-11-6-8(1-3-13-11)5-10(14)9-2-4-15-7-9/h1-4,6-7H,5H2,(H2,12,13). The van der Waals surface area contributed by atoms with E-state index < -0.39 is 0 Å². The van der Waals surface area contributed by atoms with E-state index in [9.17, 15) is 4.79 Å². The van der Waals surface area contributed by atoms with Crippen molar-refractivity contribution in [3.05, 3.63) is 48.0 Å². The maximum atomic E-state index is 11.7. The van der Waals surface area contributed by atoms with E-state index in [0.29, 0.717) is 17.8 Å². The van der Waals surface area contributed by atoms with Gasteiger partial charge in [0.15, 0.2) is 5.78 Å². The molecule has 2 aromatic rings. The molecule has 0 spiro atoms. The van der Waals surface area contributed by atoms with Crippen LogP contribution in [0.2, 0.25) is 0 Å². The first-order chi connectivity index (χ1) is 7.25. The number of nitrogen functional groups attached to an aromatic ring is 1. The van der Waals surface area contributed by atoms with Crippen molar-refractivity contribution in [2.75, 3.05) is 5.73 Å². The van der Waals surface area contributed by atoms with E-state index in [-0.39, 0.29) is 5.78 Å². The van der Waals surface area contributed by atoms with Gasteiger partial charge in [0.25, 0.3) is 0 Å². The molecule has 0 bridgehead atoms. The summed E-state index contributed by atoms with van der Waals surface area (Å²) in [5.74, 6) is 0.432. The Kier molecular flexibility index (Phi) is 2.49. The van der Waals surface area contributed by atoms with Crippen molar-refractivity contribution in [1.29, 1.82) is 0 Å². The Labute approximate surface area is 86.7 Å². The Balaban J connectivity index is 2.13. The summed E-state index contributed by atoms with van der Waals surface area (Å²) in [5.41, 5.74) is 6.94. The number of nitrogens with two attached hydrogens (primary N) is 1. The van der Waals surface area contributed by atoms with Gasteiger partial charge in [-0.05, 0) is 23.8 Å². The van der Waals surface area contributed by atoms with E-state index in [1.165, 1.54) is 12.5 Å². The van der Waals surface area contributed by atoms with E-state index in [0.717, 1.165) is 5.56 Å². The zero-order valence-electron chi connectivity index (χ0n) is 8.01. The number of ketones is 1. The molecule has 0 aromatic carbocycles. The Morgan fingerprint density at radius 1 is 1.47 bits per heavy atom. The van der Waals surface area contributed by atoms with Gasteiger partial charge in [0, 0.05) is 12.6 Å². The smallest absolute Gasteiger partial charge is 0.170 e. The highest BCUT2D eigenvalue weighted by Gasteiger charge is 2.08. The number of hydrogen-bond acceptors (Lipinski definition) is 4. The van der Waals surface area contributed by atoms with Gasteiger partial charge < -0.3 is 10.2 Å². The van der Waals surface area contributed by atoms with Crippen LogP contribution in [0.1, 0.15) is 15.9 Å². The third-order valence-corrected chi connectivity index (χ3v) is 2.05. The minimum atomic E-state index is 0.00866. The molecule has 0 saturated heterocycles. The molecule has 0 amide bonds. The monoisotopic (exact) mass is 202 g/mol. The predicted molar refractivity (Wildman–Crippen MR) is 55.4 cm³/mol. The molecule has 4 nitrogen and oxygen atoms in total. The number of pyridine rings is 1. The normalized spacial score (nSPS) is 10.1. The van der Waals surface area contributed by atoms with Crippen molar-refractivity contribution < 1.29 is 9.21 Å². The van der Waals surface area contributed by atoms with Crippen LogP contribution >= 0.6 is 0 Å². The molecule has 0 saturated carbocycles. The highest BCUT2D eigenvalue weighted by atomic mass is 16.3. The fraction of sp³-hybridized carbons (Fsp3) is 0.0909. The summed E-state index contributed by atoms with van der Waals surface area (Å²) >= 11 is 0. The van der Waals surface area contributed by atoms with E-state index in [1.54, 1.807) is 24.4 Å². The second kappa shape index (κ2) is 3.96. The van der Waals surface area contributed by atoms with Gasteiger partial charge in [-0.15, -0.1) is 0 Å². The van der Waals surface area contributed by atoms with Crippen molar-refractivity contribution in [1.82, 2.24) is 4.98 Å². The quantitative estimate of drug-likeness (QED) is 0.769. The first-order valence-electron chi connectivity index (χ1n) is 4.51. The summed E-state index contributed by atoms with van der Waals surface area (Å²) in [6.07, 6.45) is 4.82. The Morgan fingerprint density at radius 3 is 3.00 bits per heavy atom. The number of furan rings is 1. The van der Waals surface area contributed by atoms with E-state index in [2.05, 4.69) is 4.98 Å². The first-order valence-corrected chi connectivity index (χ1v) is 4.51. The van der Waals surface area contributed by atoms with Gasteiger partial charge in [-0.1, -0.05) is 0 Å². The van der Waals surface area contributed by atoms with Crippen LogP contribution in [0.3, 0.4) is 0 Å². The van der Waals surface area contributed by atoms with Crippen molar-refractivity contribution in [2.24, 2.45) is 0 Å². The van der Waals surface area contributed by atoms with Gasteiger partial charge in [-0.2, -0.15) is 0 Å². The van der Waals surface area contributed by atoms with Gasteiger partial charge in [0.2, 0.25) is 0 Å². The van der Waals surface area contributed by atoms with Crippen molar-refractivity contribution in [3.63, 3.8) is 0 Å². The lowest BCUT2D eigenvalue weighted by molar-refractivity contribution is 0.0992. The summed E-state index contributed by atoms with van der Waals surface area (Å²) < 4.78 is 4.84. The lowest BCUT2D eigenvalue weighted by Crippen LogP contribution is -2.03. The fourth-order valence-electron chi connectivity index (χ4n) is 1.31. The second-order valence-electron chi connectivity index (χ2n) is 3.20. The SMILES string of the molecule is Nc1cc(CC(=O)c2ccoc2)ccn1. The van der Waals surface area contributed by atoms with Crippen molar-refractivity contribution in [3.8, 4) is 0 Å². The molecule has 2 aromatic heterocycles. The average Bonchev–Trinajstić information content (AvgIpc) is 2.70. The minimum absolute atomic E-state index is 0.00866. The largest absolute Gasteiger partial charge is 0.472 e. The summed E-state index contributed by atoms with van der Waals surface area (Å²) in [5, 5.41) is 0. The molecule has 15 heavy (non-hydrogen) atoms. The summed E-state index contributed by atoms with van der Waals surface area (Å²) in [6, 6.07) is 5.11. The first kappa shape index (κ1) is 9.45. The molecule has 0 radical (unpaired) electrons. The molecule has 0 aliphatic rings. The topological polar surface area (TPSA) is 69.1 Å². The fourth-order valence-corrected chi connectivity index (χ4v) is 1.31. The van der Waals surface area contributed by atoms with Crippen LogP contribution in [0.4, 0.5) is 5.82 Å².